The van der Waals surface area contributed by atoms with Gasteiger partial charge < -0.3 is 14.8 Å². The van der Waals surface area contributed by atoms with Gasteiger partial charge >= 0.3 is 6.61 Å². The van der Waals surface area contributed by atoms with Crippen LogP contribution in [0, 0.1) is 0 Å². The second-order valence-electron chi connectivity index (χ2n) is 8.06. The average Bonchev–Trinajstić information content (AvgIpc) is 2.86. The summed E-state index contributed by atoms with van der Waals surface area (Å²) in [6.45, 7) is -0.721. The lowest BCUT2D eigenvalue weighted by Gasteiger charge is -2.26. The molecule has 9 heteroatoms. The highest BCUT2D eigenvalue weighted by atomic mass is 19.3. The Morgan fingerprint density at radius 1 is 1.06 bits per heavy atom. The van der Waals surface area contributed by atoms with E-state index in [1.165, 1.54) is 18.2 Å². The molecule has 4 rings (SSSR count). The molecule has 0 atom stereocenters. The van der Waals surface area contributed by atoms with Crippen LogP contribution in [-0.2, 0) is 16.0 Å². The van der Waals surface area contributed by atoms with Crippen LogP contribution >= 0.6 is 0 Å². The smallest absolute Gasteiger partial charge is 0.387 e. The zero-order valence-electron chi connectivity index (χ0n) is 19.0. The van der Waals surface area contributed by atoms with Crippen LogP contribution in [0.1, 0.15) is 15.9 Å². The molecule has 2 aromatic carbocycles. The van der Waals surface area contributed by atoms with Crippen LogP contribution in [0.4, 0.5) is 14.5 Å². The van der Waals surface area contributed by atoms with Crippen LogP contribution in [0.15, 0.2) is 67.0 Å². The number of pyridine rings is 1. The summed E-state index contributed by atoms with van der Waals surface area (Å²) in [6.07, 6.45) is 3.58. The summed E-state index contributed by atoms with van der Waals surface area (Å²) in [7, 11) is 0. The van der Waals surface area contributed by atoms with E-state index in [9.17, 15) is 18.4 Å². The molecule has 1 fully saturated rings. The SMILES string of the molecule is O=C(CN1CCOCC1)Nc1cc(C(=O)Cc2ccc(-c3cccnc3)cc2)ccc1OC(F)F. The molecule has 1 N–H and O–H groups in total. The molecule has 0 saturated carbocycles. The first-order valence-corrected chi connectivity index (χ1v) is 11.2. The van der Waals surface area contributed by atoms with Crippen LogP contribution in [0.5, 0.6) is 5.75 Å². The number of hydrogen-bond donors (Lipinski definition) is 1. The first-order valence-electron chi connectivity index (χ1n) is 11.2. The number of alkyl halides is 2. The average molecular weight is 481 g/mol. The number of anilines is 1. The molecule has 1 aliphatic rings. The van der Waals surface area contributed by atoms with Crippen molar-refractivity contribution in [2.24, 2.45) is 0 Å². The quantitative estimate of drug-likeness (QED) is 0.465. The molecule has 0 aliphatic carbocycles. The lowest BCUT2D eigenvalue weighted by molar-refractivity contribution is -0.118. The molecule has 0 unspecified atom stereocenters. The van der Waals surface area contributed by atoms with Crippen molar-refractivity contribution in [3.05, 3.63) is 78.1 Å². The number of Topliss-reactive ketones (excluding diaryl/α,β-unsaturated/α-hetero) is 1. The number of amides is 1. The monoisotopic (exact) mass is 481 g/mol. The number of ether oxygens (including phenoxy) is 2. The summed E-state index contributed by atoms with van der Waals surface area (Å²) < 4.78 is 35.6. The second kappa shape index (κ2) is 11.6. The van der Waals surface area contributed by atoms with E-state index in [0.717, 1.165) is 16.7 Å². The molecule has 0 bridgehead atoms. The molecule has 2 heterocycles. The molecule has 1 aromatic heterocycles. The van der Waals surface area contributed by atoms with Gasteiger partial charge in [0.25, 0.3) is 0 Å². The third kappa shape index (κ3) is 6.91. The van der Waals surface area contributed by atoms with Crippen LogP contribution < -0.4 is 10.1 Å². The van der Waals surface area contributed by atoms with E-state index in [4.69, 9.17) is 4.74 Å². The van der Waals surface area contributed by atoms with Crippen molar-refractivity contribution in [1.29, 1.82) is 0 Å². The number of nitrogens with zero attached hydrogens (tertiary/aromatic N) is 2. The van der Waals surface area contributed by atoms with E-state index < -0.39 is 6.61 Å². The van der Waals surface area contributed by atoms with Crippen molar-refractivity contribution in [2.45, 2.75) is 13.0 Å². The Hall–Kier alpha value is -3.69. The van der Waals surface area contributed by atoms with E-state index >= 15 is 0 Å². The van der Waals surface area contributed by atoms with Crippen molar-refractivity contribution in [1.82, 2.24) is 9.88 Å². The van der Waals surface area contributed by atoms with Gasteiger partial charge in [0.15, 0.2) is 5.78 Å². The third-order valence-corrected chi connectivity index (χ3v) is 5.58. The van der Waals surface area contributed by atoms with Gasteiger partial charge in [-0.3, -0.25) is 19.5 Å². The Morgan fingerprint density at radius 2 is 1.83 bits per heavy atom. The Kier molecular flexibility index (Phi) is 8.12. The number of ketones is 1. The number of hydrogen-bond acceptors (Lipinski definition) is 6. The number of nitrogens with one attached hydrogen (secondary N) is 1. The highest BCUT2D eigenvalue weighted by Gasteiger charge is 2.18. The summed E-state index contributed by atoms with van der Waals surface area (Å²) in [6, 6.07) is 15.4. The number of carbonyl (C=O) groups is 2. The molecule has 1 amide bonds. The Labute approximate surface area is 201 Å². The Bertz CT molecular complexity index is 1150. The van der Waals surface area contributed by atoms with Crippen molar-refractivity contribution in [3.63, 3.8) is 0 Å². The maximum absolute atomic E-state index is 12.9. The Morgan fingerprint density at radius 3 is 2.51 bits per heavy atom. The fraction of sp³-hybridized carbons (Fsp3) is 0.269. The molecule has 35 heavy (non-hydrogen) atoms. The summed E-state index contributed by atoms with van der Waals surface area (Å²) >= 11 is 0. The standard InChI is InChI=1S/C26H25F2N3O4/c27-26(28)35-24-8-7-20(15-22(24)30-25(33)17-31-10-12-34-13-11-31)23(32)14-18-3-5-19(6-4-18)21-2-1-9-29-16-21/h1-9,15-16,26H,10-14,17H2,(H,30,33). The minimum absolute atomic E-state index is 0.0290. The zero-order chi connectivity index (χ0) is 24.6. The number of benzene rings is 2. The van der Waals surface area contributed by atoms with Crippen molar-refractivity contribution in [2.75, 3.05) is 38.2 Å². The molecule has 1 saturated heterocycles. The summed E-state index contributed by atoms with van der Waals surface area (Å²) in [5.74, 6) is -0.805. The van der Waals surface area contributed by atoms with Gasteiger partial charge in [-0.1, -0.05) is 30.3 Å². The number of aromatic nitrogens is 1. The second-order valence-corrected chi connectivity index (χ2v) is 8.06. The van der Waals surface area contributed by atoms with E-state index in [0.29, 0.717) is 26.3 Å². The van der Waals surface area contributed by atoms with Gasteiger partial charge in [0.2, 0.25) is 5.91 Å². The van der Waals surface area contributed by atoms with E-state index in [-0.39, 0.29) is 41.7 Å². The van der Waals surface area contributed by atoms with Gasteiger partial charge in [-0.15, -0.1) is 0 Å². The lowest BCUT2D eigenvalue weighted by atomic mass is 10.00. The highest BCUT2D eigenvalue weighted by molar-refractivity contribution is 6.00. The molecule has 0 spiro atoms. The largest absolute Gasteiger partial charge is 0.433 e. The van der Waals surface area contributed by atoms with Gasteiger partial charge in [0.1, 0.15) is 5.75 Å². The first kappa shape index (κ1) is 24.4. The van der Waals surface area contributed by atoms with Gasteiger partial charge in [0, 0.05) is 37.5 Å². The molecule has 7 nitrogen and oxygen atoms in total. The predicted molar refractivity (Wildman–Crippen MR) is 127 cm³/mol. The van der Waals surface area contributed by atoms with Crippen LogP contribution in [-0.4, -0.2) is 61.0 Å². The normalized spacial score (nSPS) is 14.0. The third-order valence-electron chi connectivity index (χ3n) is 5.58. The summed E-state index contributed by atoms with van der Waals surface area (Å²) in [5.41, 5.74) is 3.06. The number of morpholine rings is 1. The molecule has 182 valence electrons. The molecular formula is C26H25F2N3O4. The zero-order valence-corrected chi connectivity index (χ0v) is 19.0. The molecular weight excluding hydrogens is 456 g/mol. The van der Waals surface area contributed by atoms with Crippen molar-refractivity contribution in [3.8, 4) is 16.9 Å². The number of rotatable bonds is 9. The molecule has 3 aromatic rings. The topological polar surface area (TPSA) is 80.8 Å². The minimum atomic E-state index is -3.07. The van der Waals surface area contributed by atoms with E-state index in [1.54, 1.807) is 12.4 Å². The van der Waals surface area contributed by atoms with Gasteiger partial charge in [-0.25, -0.2) is 0 Å². The van der Waals surface area contributed by atoms with Crippen LogP contribution in [0.25, 0.3) is 11.1 Å². The lowest BCUT2D eigenvalue weighted by Crippen LogP contribution is -2.41. The fourth-order valence-electron chi connectivity index (χ4n) is 3.79. The van der Waals surface area contributed by atoms with Gasteiger partial charge in [0.05, 0.1) is 25.4 Å². The predicted octanol–water partition coefficient (Wildman–Crippen LogP) is 4.05. The van der Waals surface area contributed by atoms with E-state index in [1.807, 2.05) is 41.3 Å². The highest BCUT2D eigenvalue weighted by Crippen LogP contribution is 2.28. The summed E-state index contributed by atoms with van der Waals surface area (Å²) in [5, 5.41) is 2.61. The maximum atomic E-state index is 12.9. The Balaban J connectivity index is 1.46. The van der Waals surface area contributed by atoms with Crippen molar-refractivity contribution < 1.29 is 27.8 Å². The molecule has 0 radical (unpaired) electrons. The van der Waals surface area contributed by atoms with Gasteiger partial charge in [-0.05, 0) is 41.0 Å². The molecule has 1 aliphatic heterocycles. The first-order chi connectivity index (χ1) is 17.0. The maximum Gasteiger partial charge on any atom is 0.387 e. The van der Waals surface area contributed by atoms with E-state index in [2.05, 4.69) is 15.0 Å². The van der Waals surface area contributed by atoms with Gasteiger partial charge in [-0.2, -0.15) is 8.78 Å². The van der Waals surface area contributed by atoms with Crippen LogP contribution in [0.3, 0.4) is 0 Å². The minimum Gasteiger partial charge on any atom is -0.433 e. The number of carbonyl (C=O) groups excluding carboxylic acids is 2. The summed E-state index contributed by atoms with van der Waals surface area (Å²) in [4.78, 5) is 31.4. The van der Waals surface area contributed by atoms with Crippen LogP contribution in [0.2, 0.25) is 0 Å². The fourth-order valence-corrected chi connectivity index (χ4v) is 3.79. The van der Waals surface area contributed by atoms with Crippen molar-refractivity contribution >= 4 is 17.4 Å². The number of halogens is 2.